The van der Waals surface area contributed by atoms with Gasteiger partial charge >= 0.3 is 0 Å². The zero-order valence-corrected chi connectivity index (χ0v) is 15.6. The van der Waals surface area contributed by atoms with Gasteiger partial charge in [-0.3, -0.25) is 9.59 Å². The van der Waals surface area contributed by atoms with Gasteiger partial charge in [-0.1, -0.05) is 25.0 Å². The Balaban J connectivity index is 1.71. The van der Waals surface area contributed by atoms with Crippen LogP contribution >= 0.6 is 0 Å². The third kappa shape index (κ3) is 6.02. The van der Waals surface area contributed by atoms with Crippen LogP contribution in [0.5, 0.6) is 5.75 Å². The highest BCUT2D eigenvalue weighted by molar-refractivity contribution is 5.96. The summed E-state index contributed by atoms with van der Waals surface area (Å²) < 4.78 is 5.47. The van der Waals surface area contributed by atoms with Crippen LogP contribution in [0.15, 0.2) is 24.3 Å². The van der Waals surface area contributed by atoms with Gasteiger partial charge in [-0.15, -0.1) is 0 Å². The largest absolute Gasteiger partial charge is 0.493 e. The van der Waals surface area contributed by atoms with E-state index in [4.69, 9.17) is 10.5 Å². The van der Waals surface area contributed by atoms with Gasteiger partial charge in [-0.2, -0.15) is 0 Å². The first-order valence-corrected chi connectivity index (χ1v) is 9.65. The van der Waals surface area contributed by atoms with Gasteiger partial charge in [-0.05, 0) is 50.8 Å². The first-order chi connectivity index (χ1) is 12.7. The molecule has 26 heavy (non-hydrogen) atoms. The second-order valence-electron chi connectivity index (χ2n) is 6.74. The second-order valence-corrected chi connectivity index (χ2v) is 6.74. The van der Waals surface area contributed by atoms with E-state index in [2.05, 4.69) is 10.6 Å². The van der Waals surface area contributed by atoms with E-state index >= 15 is 0 Å². The van der Waals surface area contributed by atoms with Gasteiger partial charge in [0.05, 0.1) is 12.2 Å². The number of nitrogens with two attached hydrogens (primary N) is 1. The summed E-state index contributed by atoms with van der Waals surface area (Å²) in [6.07, 6.45) is 5.46. The van der Waals surface area contributed by atoms with Crippen LogP contribution in [-0.2, 0) is 4.79 Å². The molecule has 2 amide bonds. The Hall–Kier alpha value is -2.08. The van der Waals surface area contributed by atoms with Gasteiger partial charge < -0.3 is 21.1 Å². The van der Waals surface area contributed by atoms with E-state index in [1.54, 1.807) is 12.1 Å². The predicted octanol–water partition coefficient (Wildman–Crippen LogP) is 2.23. The summed E-state index contributed by atoms with van der Waals surface area (Å²) in [6, 6.07) is 7.37. The SMILES string of the molecule is CCOc1ccccc1C(=O)NCCCC(=O)NC1CCCCC1CN. The number of benzene rings is 1. The van der Waals surface area contributed by atoms with E-state index in [0.29, 0.717) is 49.8 Å². The summed E-state index contributed by atoms with van der Waals surface area (Å²) in [6.45, 7) is 3.47. The van der Waals surface area contributed by atoms with Gasteiger partial charge in [0, 0.05) is 19.0 Å². The molecule has 0 aromatic heterocycles. The Morgan fingerprint density at radius 2 is 2.00 bits per heavy atom. The minimum Gasteiger partial charge on any atom is -0.493 e. The molecule has 1 aliphatic carbocycles. The number of hydrogen-bond donors (Lipinski definition) is 3. The highest BCUT2D eigenvalue weighted by atomic mass is 16.5. The smallest absolute Gasteiger partial charge is 0.255 e. The van der Waals surface area contributed by atoms with Crippen molar-refractivity contribution >= 4 is 11.8 Å². The number of nitrogens with one attached hydrogen (secondary N) is 2. The van der Waals surface area contributed by atoms with E-state index in [9.17, 15) is 9.59 Å². The summed E-state index contributed by atoms with van der Waals surface area (Å²) >= 11 is 0. The molecule has 4 N–H and O–H groups in total. The lowest BCUT2D eigenvalue weighted by Crippen LogP contribution is -2.44. The molecule has 2 atom stereocenters. The van der Waals surface area contributed by atoms with Crippen molar-refractivity contribution in [3.8, 4) is 5.75 Å². The Bertz CT molecular complexity index is 591. The summed E-state index contributed by atoms with van der Waals surface area (Å²) in [4.78, 5) is 24.4. The molecule has 0 spiro atoms. The van der Waals surface area contributed by atoms with Crippen LogP contribution in [0.1, 0.15) is 55.8 Å². The molecule has 0 radical (unpaired) electrons. The Morgan fingerprint density at radius 1 is 1.23 bits per heavy atom. The lowest BCUT2D eigenvalue weighted by Gasteiger charge is -2.31. The normalized spacial score (nSPS) is 19.6. The molecule has 1 fully saturated rings. The number of para-hydroxylation sites is 1. The zero-order valence-electron chi connectivity index (χ0n) is 15.6. The lowest BCUT2D eigenvalue weighted by atomic mass is 9.84. The summed E-state index contributed by atoms with van der Waals surface area (Å²) in [5.74, 6) is 0.835. The molecule has 6 heteroatoms. The van der Waals surface area contributed by atoms with Crippen molar-refractivity contribution in [2.24, 2.45) is 11.7 Å². The van der Waals surface area contributed by atoms with Crippen molar-refractivity contribution < 1.29 is 14.3 Å². The topological polar surface area (TPSA) is 93.4 Å². The van der Waals surface area contributed by atoms with Gasteiger partial charge in [0.2, 0.25) is 5.91 Å². The molecule has 1 aliphatic rings. The molecule has 0 heterocycles. The fourth-order valence-electron chi connectivity index (χ4n) is 3.44. The quantitative estimate of drug-likeness (QED) is 0.588. The van der Waals surface area contributed by atoms with Crippen LogP contribution in [0.4, 0.5) is 0 Å². The molecule has 2 rings (SSSR count). The molecule has 0 saturated heterocycles. The van der Waals surface area contributed by atoms with Crippen LogP contribution in [0.25, 0.3) is 0 Å². The first-order valence-electron chi connectivity index (χ1n) is 9.65. The van der Waals surface area contributed by atoms with E-state index in [0.717, 1.165) is 19.3 Å². The fourth-order valence-corrected chi connectivity index (χ4v) is 3.44. The molecule has 1 saturated carbocycles. The van der Waals surface area contributed by atoms with Gasteiger partial charge in [-0.25, -0.2) is 0 Å². The number of amides is 2. The second kappa shape index (κ2) is 10.8. The molecule has 0 bridgehead atoms. The third-order valence-electron chi connectivity index (χ3n) is 4.86. The van der Waals surface area contributed by atoms with E-state index < -0.39 is 0 Å². The maximum Gasteiger partial charge on any atom is 0.255 e. The Labute approximate surface area is 155 Å². The third-order valence-corrected chi connectivity index (χ3v) is 4.86. The summed E-state index contributed by atoms with van der Waals surface area (Å²) in [5.41, 5.74) is 6.32. The average Bonchev–Trinajstić information content (AvgIpc) is 2.66. The molecule has 144 valence electrons. The minimum atomic E-state index is -0.176. The Morgan fingerprint density at radius 3 is 2.77 bits per heavy atom. The van der Waals surface area contributed by atoms with Crippen LogP contribution < -0.4 is 21.1 Å². The van der Waals surface area contributed by atoms with Crippen molar-refractivity contribution in [1.82, 2.24) is 10.6 Å². The number of rotatable bonds is 9. The van der Waals surface area contributed by atoms with Gasteiger partial charge in [0.15, 0.2) is 0 Å². The summed E-state index contributed by atoms with van der Waals surface area (Å²) in [7, 11) is 0. The van der Waals surface area contributed by atoms with Crippen LogP contribution in [0, 0.1) is 5.92 Å². The van der Waals surface area contributed by atoms with E-state index in [1.165, 1.54) is 6.42 Å². The number of carbonyl (C=O) groups excluding carboxylic acids is 2. The standard InChI is InChI=1S/C20H31N3O3/c1-2-26-18-11-6-4-9-16(18)20(25)22-13-7-12-19(24)23-17-10-5-3-8-15(17)14-21/h4,6,9,11,15,17H,2-3,5,7-8,10,12-14,21H2,1H3,(H,22,25)(H,23,24). The number of hydrogen-bond acceptors (Lipinski definition) is 4. The van der Waals surface area contributed by atoms with Crippen molar-refractivity contribution in [3.63, 3.8) is 0 Å². The molecule has 1 aromatic carbocycles. The molecular weight excluding hydrogens is 330 g/mol. The maximum atomic E-state index is 12.3. The molecule has 0 aliphatic heterocycles. The molecular formula is C20H31N3O3. The van der Waals surface area contributed by atoms with Gasteiger partial charge in [0.1, 0.15) is 5.75 Å². The van der Waals surface area contributed by atoms with Gasteiger partial charge in [0.25, 0.3) is 5.91 Å². The summed E-state index contributed by atoms with van der Waals surface area (Å²) in [5, 5.41) is 5.97. The molecule has 2 unspecified atom stereocenters. The fraction of sp³-hybridized carbons (Fsp3) is 0.600. The monoisotopic (exact) mass is 361 g/mol. The Kier molecular flexibility index (Phi) is 8.41. The van der Waals surface area contributed by atoms with Crippen LogP contribution in [0.2, 0.25) is 0 Å². The number of carbonyl (C=O) groups is 2. The predicted molar refractivity (Wildman–Crippen MR) is 102 cm³/mol. The zero-order chi connectivity index (χ0) is 18.8. The molecule has 1 aromatic rings. The highest BCUT2D eigenvalue weighted by Gasteiger charge is 2.25. The molecule has 6 nitrogen and oxygen atoms in total. The van der Waals surface area contributed by atoms with Crippen molar-refractivity contribution in [3.05, 3.63) is 29.8 Å². The highest BCUT2D eigenvalue weighted by Crippen LogP contribution is 2.23. The van der Waals surface area contributed by atoms with Crippen molar-refractivity contribution in [2.45, 2.75) is 51.5 Å². The van der Waals surface area contributed by atoms with Crippen molar-refractivity contribution in [1.29, 1.82) is 0 Å². The van der Waals surface area contributed by atoms with Crippen LogP contribution in [-0.4, -0.2) is 37.6 Å². The number of ether oxygens (including phenoxy) is 1. The average molecular weight is 361 g/mol. The van der Waals surface area contributed by atoms with Crippen LogP contribution in [0.3, 0.4) is 0 Å². The van der Waals surface area contributed by atoms with E-state index in [-0.39, 0.29) is 17.9 Å². The first kappa shape index (κ1) is 20.2. The van der Waals surface area contributed by atoms with E-state index in [1.807, 2.05) is 19.1 Å². The lowest BCUT2D eigenvalue weighted by molar-refractivity contribution is -0.122. The van der Waals surface area contributed by atoms with Crippen molar-refractivity contribution in [2.75, 3.05) is 19.7 Å². The maximum absolute atomic E-state index is 12.3. The minimum absolute atomic E-state index is 0.0410.